The Balaban J connectivity index is 1.47. The number of pyridine rings is 1. The van der Waals surface area contributed by atoms with Gasteiger partial charge in [0, 0.05) is 33.5 Å². The molecule has 7 heteroatoms. The number of benzene rings is 2. The SMILES string of the molecule is O=C(Nc1cccc(-c2cn3ccccc3n2)c1)c1cc2cc(Br)ccc2oc1=O. The lowest BCUT2D eigenvalue weighted by Crippen LogP contribution is -2.20. The summed E-state index contributed by atoms with van der Waals surface area (Å²) in [5, 5.41) is 3.44. The van der Waals surface area contributed by atoms with E-state index in [-0.39, 0.29) is 5.56 Å². The van der Waals surface area contributed by atoms with Gasteiger partial charge in [0.05, 0.1) is 5.69 Å². The summed E-state index contributed by atoms with van der Waals surface area (Å²) in [6.45, 7) is 0. The molecule has 0 aliphatic carbocycles. The second kappa shape index (κ2) is 7.27. The molecular formula is C23H14BrN3O3. The summed E-state index contributed by atoms with van der Waals surface area (Å²) in [6.07, 6.45) is 3.85. The van der Waals surface area contributed by atoms with Crippen LogP contribution in [-0.2, 0) is 0 Å². The zero-order valence-electron chi connectivity index (χ0n) is 15.5. The summed E-state index contributed by atoms with van der Waals surface area (Å²) in [4.78, 5) is 29.6. The highest BCUT2D eigenvalue weighted by Crippen LogP contribution is 2.23. The third kappa shape index (κ3) is 3.40. The molecule has 0 aliphatic heterocycles. The number of rotatable bonds is 3. The number of nitrogens with one attached hydrogen (secondary N) is 1. The first-order chi connectivity index (χ1) is 14.6. The fraction of sp³-hybridized carbons (Fsp3) is 0. The van der Waals surface area contributed by atoms with Gasteiger partial charge >= 0.3 is 5.63 Å². The molecule has 5 aromatic rings. The highest BCUT2D eigenvalue weighted by molar-refractivity contribution is 9.10. The molecule has 146 valence electrons. The fourth-order valence-corrected chi connectivity index (χ4v) is 3.66. The summed E-state index contributed by atoms with van der Waals surface area (Å²) in [5.41, 5.74) is 2.72. The third-order valence-corrected chi connectivity index (χ3v) is 5.21. The molecule has 0 saturated heterocycles. The van der Waals surface area contributed by atoms with Crippen LogP contribution >= 0.6 is 15.9 Å². The van der Waals surface area contributed by atoms with Crippen LogP contribution in [0, 0.1) is 0 Å². The van der Waals surface area contributed by atoms with E-state index in [0.717, 1.165) is 21.4 Å². The van der Waals surface area contributed by atoms with Crippen molar-refractivity contribution in [1.29, 1.82) is 0 Å². The molecule has 2 aromatic carbocycles. The zero-order chi connectivity index (χ0) is 20.7. The monoisotopic (exact) mass is 459 g/mol. The molecule has 0 radical (unpaired) electrons. The minimum Gasteiger partial charge on any atom is -0.422 e. The first-order valence-electron chi connectivity index (χ1n) is 9.16. The summed E-state index contributed by atoms with van der Waals surface area (Å²) in [7, 11) is 0. The lowest BCUT2D eigenvalue weighted by atomic mass is 10.1. The third-order valence-electron chi connectivity index (χ3n) is 4.72. The van der Waals surface area contributed by atoms with Crippen LogP contribution in [0.3, 0.4) is 0 Å². The molecule has 1 amide bonds. The Morgan fingerprint density at radius 1 is 1.03 bits per heavy atom. The summed E-state index contributed by atoms with van der Waals surface area (Å²) in [5.74, 6) is -0.530. The predicted molar refractivity (Wildman–Crippen MR) is 119 cm³/mol. The number of fused-ring (bicyclic) bond motifs is 2. The first kappa shape index (κ1) is 18.3. The maximum atomic E-state index is 12.7. The Morgan fingerprint density at radius 2 is 1.93 bits per heavy atom. The maximum Gasteiger partial charge on any atom is 0.349 e. The molecule has 30 heavy (non-hydrogen) atoms. The first-order valence-corrected chi connectivity index (χ1v) is 9.95. The number of hydrogen-bond acceptors (Lipinski definition) is 4. The Hall–Kier alpha value is -3.71. The summed E-state index contributed by atoms with van der Waals surface area (Å²) >= 11 is 3.38. The van der Waals surface area contributed by atoms with Crippen molar-refractivity contribution in [3.05, 3.63) is 99.6 Å². The molecule has 0 unspecified atom stereocenters. The molecule has 0 fully saturated rings. The Bertz CT molecular complexity index is 1450. The second-order valence-corrected chi connectivity index (χ2v) is 7.67. The molecule has 6 nitrogen and oxygen atoms in total. The largest absolute Gasteiger partial charge is 0.422 e. The topological polar surface area (TPSA) is 76.6 Å². The average molecular weight is 460 g/mol. The van der Waals surface area contributed by atoms with Gasteiger partial charge < -0.3 is 14.1 Å². The lowest BCUT2D eigenvalue weighted by Gasteiger charge is -2.07. The quantitative estimate of drug-likeness (QED) is 0.379. The number of anilines is 1. The van der Waals surface area contributed by atoms with Gasteiger partial charge in [-0.25, -0.2) is 9.78 Å². The second-order valence-electron chi connectivity index (χ2n) is 6.76. The fourth-order valence-electron chi connectivity index (χ4n) is 3.28. The standard InChI is InChI=1S/C23H14BrN3O3/c24-16-7-8-20-15(10-16)12-18(23(29)30-20)22(28)25-17-5-3-4-14(11-17)19-13-27-9-2-1-6-21(27)26-19/h1-13H,(H,25,28). The van der Waals surface area contributed by atoms with Crippen LogP contribution in [0.2, 0.25) is 0 Å². The van der Waals surface area contributed by atoms with E-state index in [0.29, 0.717) is 16.7 Å². The number of carbonyl (C=O) groups excluding carboxylic acids is 1. The van der Waals surface area contributed by atoms with Crippen molar-refractivity contribution in [1.82, 2.24) is 9.38 Å². The van der Waals surface area contributed by atoms with Gasteiger partial charge in [-0.15, -0.1) is 0 Å². The van der Waals surface area contributed by atoms with Gasteiger partial charge in [0.1, 0.15) is 16.8 Å². The van der Waals surface area contributed by atoms with Crippen molar-refractivity contribution in [2.24, 2.45) is 0 Å². The van der Waals surface area contributed by atoms with Crippen LogP contribution in [0.5, 0.6) is 0 Å². The molecule has 0 atom stereocenters. The van der Waals surface area contributed by atoms with E-state index in [9.17, 15) is 9.59 Å². The molecule has 0 spiro atoms. The van der Waals surface area contributed by atoms with Gasteiger partial charge in [-0.3, -0.25) is 4.79 Å². The summed E-state index contributed by atoms with van der Waals surface area (Å²) in [6, 6.07) is 19.9. The van der Waals surface area contributed by atoms with Gasteiger partial charge in [-0.05, 0) is 48.5 Å². The molecule has 5 rings (SSSR count). The van der Waals surface area contributed by atoms with Crippen LogP contribution in [0.1, 0.15) is 10.4 Å². The molecule has 3 heterocycles. The number of carbonyl (C=O) groups is 1. The highest BCUT2D eigenvalue weighted by atomic mass is 79.9. The Kier molecular flexibility index (Phi) is 4.44. The normalized spacial score (nSPS) is 11.1. The number of halogens is 1. The highest BCUT2D eigenvalue weighted by Gasteiger charge is 2.15. The summed E-state index contributed by atoms with van der Waals surface area (Å²) < 4.78 is 8.04. The van der Waals surface area contributed by atoms with E-state index in [4.69, 9.17) is 4.42 Å². The molecular weight excluding hydrogens is 446 g/mol. The Labute approximate surface area is 178 Å². The van der Waals surface area contributed by atoms with E-state index < -0.39 is 11.5 Å². The number of imidazole rings is 1. The van der Waals surface area contributed by atoms with Gasteiger partial charge in [-0.1, -0.05) is 34.1 Å². The molecule has 0 saturated carbocycles. The van der Waals surface area contributed by atoms with E-state index >= 15 is 0 Å². The number of nitrogens with zero attached hydrogens (tertiary/aromatic N) is 2. The zero-order valence-corrected chi connectivity index (χ0v) is 17.1. The van der Waals surface area contributed by atoms with Crippen LogP contribution < -0.4 is 10.9 Å². The van der Waals surface area contributed by atoms with Crippen molar-refractivity contribution < 1.29 is 9.21 Å². The molecule has 3 aromatic heterocycles. The van der Waals surface area contributed by atoms with Crippen molar-refractivity contribution in [3.63, 3.8) is 0 Å². The molecule has 1 N–H and O–H groups in total. The van der Waals surface area contributed by atoms with E-state index in [1.54, 1.807) is 24.3 Å². The number of amides is 1. The van der Waals surface area contributed by atoms with Gasteiger partial charge in [0.2, 0.25) is 0 Å². The minimum atomic E-state index is -0.682. The predicted octanol–water partition coefficient (Wildman–Crippen LogP) is 5.12. The lowest BCUT2D eigenvalue weighted by molar-refractivity contribution is 0.102. The van der Waals surface area contributed by atoms with Crippen molar-refractivity contribution in [3.8, 4) is 11.3 Å². The van der Waals surface area contributed by atoms with Crippen molar-refractivity contribution >= 4 is 44.1 Å². The van der Waals surface area contributed by atoms with Gasteiger partial charge in [0.15, 0.2) is 0 Å². The minimum absolute atomic E-state index is 0.0567. The van der Waals surface area contributed by atoms with Crippen LogP contribution in [0.4, 0.5) is 5.69 Å². The van der Waals surface area contributed by atoms with Crippen LogP contribution in [0.25, 0.3) is 27.9 Å². The number of aromatic nitrogens is 2. The van der Waals surface area contributed by atoms with Gasteiger partial charge in [-0.2, -0.15) is 0 Å². The number of hydrogen-bond donors (Lipinski definition) is 1. The van der Waals surface area contributed by atoms with E-state index in [1.807, 2.05) is 53.2 Å². The van der Waals surface area contributed by atoms with Crippen LogP contribution in [-0.4, -0.2) is 15.3 Å². The molecule has 0 aliphatic rings. The maximum absolute atomic E-state index is 12.7. The van der Waals surface area contributed by atoms with E-state index in [1.165, 1.54) is 6.07 Å². The van der Waals surface area contributed by atoms with Crippen LogP contribution in [0.15, 0.2) is 92.8 Å². The van der Waals surface area contributed by atoms with Gasteiger partial charge in [0.25, 0.3) is 5.91 Å². The Morgan fingerprint density at radius 3 is 2.80 bits per heavy atom. The molecule has 0 bridgehead atoms. The van der Waals surface area contributed by atoms with Crippen molar-refractivity contribution in [2.45, 2.75) is 0 Å². The smallest absolute Gasteiger partial charge is 0.349 e. The van der Waals surface area contributed by atoms with E-state index in [2.05, 4.69) is 26.2 Å². The van der Waals surface area contributed by atoms with Crippen molar-refractivity contribution in [2.75, 3.05) is 5.32 Å². The average Bonchev–Trinajstić information content (AvgIpc) is 3.18.